The Hall–Kier alpha value is -2.87. The van der Waals surface area contributed by atoms with Gasteiger partial charge >= 0.3 is 12.1 Å². The first-order valence-corrected chi connectivity index (χ1v) is 11.2. The van der Waals surface area contributed by atoms with Crippen LogP contribution in [0.25, 0.3) is 0 Å². The third-order valence-corrected chi connectivity index (χ3v) is 5.49. The predicted molar refractivity (Wildman–Crippen MR) is 125 cm³/mol. The summed E-state index contributed by atoms with van der Waals surface area (Å²) in [6.07, 6.45) is -0.0721. The standard InChI is InChI=1S/C24H29BrN2O5/c1-16(2)13-20(27-24(30)32-15-17-9-5-4-6-10-17)22(28)26-21(23(29)31-3)14-18-11-7-8-12-19(18)25/h4-12,16,20-21H,13-15H2,1-3H3,(H,26,28)(H,27,30)/t20-,21+/m0/s1. The van der Waals surface area contributed by atoms with Crippen molar-refractivity contribution in [2.24, 2.45) is 5.92 Å². The first-order valence-electron chi connectivity index (χ1n) is 10.4. The summed E-state index contributed by atoms with van der Waals surface area (Å²) in [5.41, 5.74) is 1.69. The molecule has 0 bridgehead atoms. The number of halogens is 1. The quantitative estimate of drug-likeness (QED) is 0.477. The van der Waals surface area contributed by atoms with Gasteiger partial charge in [-0.15, -0.1) is 0 Å². The molecule has 0 aliphatic heterocycles. The summed E-state index contributed by atoms with van der Waals surface area (Å²) in [5, 5.41) is 5.34. The van der Waals surface area contributed by atoms with E-state index in [-0.39, 0.29) is 18.9 Å². The Balaban J connectivity index is 2.05. The number of nitrogens with one attached hydrogen (secondary N) is 2. The fourth-order valence-corrected chi connectivity index (χ4v) is 3.55. The van der Waals surface area contributed by atoms with Gasteiger partial charge in [0, 0.05) is 10.9 Å². The summed E-state index contributed by atoms with van der Waals surface area (Å²) >= 11 is 3.45. The highest BCUT2D eigenvalue weighted by Gasteiger charge is 2.28. The van der Waals surface area contributed by atoms with Gasteiger partial charge in [0.05, 0.1) is 7.11 Å². The molecule has 32 heavy (non-hydrogen) atoms. The SMILES string of the molecule is COC(=O)[C@@H](Cc1ccccc1Br)NC(=O)[C@H](CC(C)C)NC(=O)OCc1ccccc1. The number of ether oxygens (including phenoxy) is 2. The molecule has 0 radical (unpaired) electrons. The van der Waals surface area contributed by atoms with E-state index in [4.69, 9.17) is 9.47 Å². The van der Waals surface area contributed by atoms with Crippen LogP contribution in [0.2, 0.25) is 0 Å². The summed E-state index contributed by atoms with van der Waals surface area (Å²) in [6.45, 7) is 3.97. The third kappa shape index (κ3) is 8.34. The van der Waals surface area contributed by atoms with Gasteiger partial charge in [0.15, 0.2) is 0 Å². The molecular formula is C24H29BrN2O5. The molecule has 7 nitrogen and oxygen atoms in total. The topological polar surface area (TPSA) is 93.7 Å². The van der Waals surface area contributed by atoms with Gasteiger partial charge in [-0.05, 0) is 29.5 Å². The van der Waals surface area contributed by atoms with Gasteiger partial charge in [-0.3, -0.25) is 4.79 Å². The first-order chi connectivity index (χ1) is 15.3. The maximum absolute atomic E-state index is 13.0. The lowest BCUT2D eigenvalue weighted by molar-refractivity contribution is -0.145. The lowest BCUT2D eigenvalue weighted by Crippen LogP contribution is -2.53. The molecule has 2 amide bonds. The molecule has 172 valence electrons. The minimum Gasteiger partial charge on any atom is -0.467 e. The van der Waals surface area contributed by atoms with E-state index in [1.54, 1.807) is 0 Å². The molecule has 0 aliphatic rings. The average Bonchev–Trinajstić information content (AvgIpc) is 2.78. The highest BCUT2D eigenvalue weighted by atomic mass is 79.9. The zero-order valence-corrected chi connectivity index (χ0v) is 20.1. The van der Waals surface area contributed by atoms with Crippen LogP contribution in [0.15, 0.2) is 59.1 Å². The lowest BCUT2D eigenvalue weighted by Gasteiger charge is -2.23. The Morgan fingerprint density at radius 3 is 2.22 bits per heavy atom. The fraction of sp³-hybridized carbons (Fsp3) is 0.375. The van der Waals surface area contributed by atoms with Crippen LogP contribution in [0.3, 0.4) is 0 Å². The number of rotatable bonds is 10. The number of amides is 2. The smallest absolute Gasteiger partial charge is 0.408 e. The van der Waals surface area contributed by atoms with Crippen molar-refractivity contribution in [2.75, 3.05) is 7.11 Å². The van der Waals surface area contributed by atoms with Crippen LogP contribution in [-0.2, 0) is 32.1 Å². The predicted octanol–water partition coefficient (Wildman–Crippen LogP) is 3.99. The number of hydrogen-bond acceptors (Lipinski definition) is 5. The molecule has 0 saturated carbocycles. The number of alkyl carbamates (subject to hydrolysis) is 1. The minimum atomic E-state index is -0.900. The molecule has 2 rings (SSSR count). The van der Waals surface area contributed by atoms with E-state index in [0.29, 0.717) is 6.42 Å². The van der Waals surface area contributed by atoms with E-state index in [0.717, 1.165) is 15.6 Å². The molecule has 2 N–H and O–H groups in total. The minimum absolute atomic E-state index is 0.0928. The van der Waals surface area contributed by atoms with Crippen molar-refractivity contribution in [3.05, 3.63) is 70.2 Å². The van der Waals surface area contributed by atoms with Crippen molar-refractivity contribution in [1.82, 2.24) is 10.6 Å². The molecule has 0 aromatic heterocycles. The third-order valence-electron chi connectivity index (χ3n) is 4.71. The van der Waals surface area contributed by atoms with Gasteiger partial charge in [-0.2, -0.15) is 0 Å². The maximum atomic E-state index is 13.0. The summed E-state index contributed by atoms with van der Waals surface area (Å²) in [7, 11) is 1.27. The fourth-order valence-electron chi connectivity index (χ4n) is 3.10. The van der Waals surface area contributed by atoms with Crippen LogP contribution in [0.4, 0.5) is 4.79 Å². The van der Waals surface area contributed by atoms with E-state index in [9.17, 15) is 14.4 Å². The highest BCUT2D eigenvalue weighted by molar-refractivity contribution is 9.10. The Labute approximate surface area is 197 Å². The summed E-state index contributed by atoms with van der Waals surface area (Å²) in [4.78, 5) is 37.6. The first kappa shape index (κ1) is 25.4. The van der Waals surface area contributed by atoms with Crippen molar-refractivity contribution in [3.8, 4) is 0 Å². The van der Waals surface area contributed by atoms with Crippen molar-refractivity contribution in [1.29, 1.82) is 0 Å². The second kappa shape index (κ2) is 12.9. The molecule has 2 aromatic rings. The van der Waals surface area contributed by atoms with Gasteiger partial charge < -0.3 is 20.1 Å². The zero-order valence-electron chi connectivity index (χ0n) is 18.5. The van der Waals surface area contributed by atoms with Crippen molar-refractivity contribution < 1.29 is 23.9 Å². The van der Waals surface area contributed by atoms with Crippen LogP contribution < -0.4 is 10.6 Å². The lowest BCUT2D eigenvalue weighted by atomic mass is 10.0. The highest BCUT2D eigenvalue weighted by Crippen LogP contribution is 2.18. The molecule has 0 heterocycles. The van der Waals surface area contributed by atoms with Crippen LogP contribution >= 0.6 is 15.9 Å². The van der Waals surface area contributed by atoms with Gasteiger partial charge in [-0.1, -0.05) is 78.3 Å². The van der Waals surface area contributed by atoms with Crippen LogP contribution in [0.5, 0.6) is 0 Å². The monoisotopic (exact) mass is 504 g/mol. The number of methoxy groups -OCH3 is 1. The summed E-state index contributed by atoms with van der Waals surface area (Å²) < 4.78 is 10.9. The largest absolute Gasteiger partial charge is 0.467 e. The van der Waals surface area contributed by atoms with Crippen LogP contribution in [0.1, 0.15) is 31.4 Å². The number of esters is 1. The Morgan fingerprint density at radius 1 is 0.938 bits per heavy atom. The van der Waals surface area contributed by atoms with Gasteiger partial charge in [-0.25, -0.2) is 9.59 Å². The Bertz CT molecular complexity index is 904. The van der Waals surface area contributed by atoms with E-state index >= 15 is 0 Å². The molecule has 0 unspecified atom stereocenters. The van der Waals surface area contributed by atoms with Crippen molar-refractivity contribution in [2.45, 2.75) is 45.4 Å². The van der Waals surface area contributed by atoms with Gasteiger partial charge in [0.25, 0.3) is 0 Å². The number of carbonyl (C=O) groups excluding carboxylic acids is 3. The van der Waals surface area contributed by atoms with E-state index in [1.807, 2.05) is 68.4 Å². The van der Waals surface area contributed by atoms with E-state index in [2.05, 4.69) is 26.6 Å². The second-order valence-electron chi connectivity index (χ2n) is 7.77. The number of carbonyl (C=O) groups is 3. The van der Waals surface area contributed by atoms with E-state index in [1.165, 1.54) is 7.11 Å². The number of hydrogen-bond donors (Lipinski definition) is 2. The summed E-state index contributed by atoms with van der Waals surface area (Å²) in [6, 6.07) is 14.9. The maximum Gasteiger partial charge on any atom is 0.408 e. The normalized spacial score (nSPS) is 12.5. The van der Waals surface area contributed by atoms with Crippen molar-refractivity contribution in [3.63, 3.8) is 0 Å². The molecule has 2 atom stereocenters. The van der Waals surface area contributed by atoms with Crippen molar-refractivity contribution >= 4 is 33.9 Å². The molecule has 2 aromatic carbocycles. The molecule has 0 saturated heterocycles. The van der Waals surface area contributed by atoms with Crippen LogP contribution in [-0.4, -0.2) is 37.2 Å². The Morgan fingerprint density at radius 2 is 1.59 bits per heavy atom. The summed E-state index contributed by atoms with van der Waals surface area (Å²) in [5.74, 6) is -0.915. The van der Waals surface area contributed by atoms with Crippen LogP contribution in [0, 0.1) is 5.92 Å². The molecular weight excluding hydrogens is 476 g/mol. The molecule has 0 spiro atoms. The number of benzene rings is 2. The van der Waals surface area contributed by atoms with E-state index < -0.39 is 30.1 Å². The molecule has 0 aliphatic carbocycles. The average molecular weight is 505 g/mol. The Kier molecular flexibility index (Phi) is 10.2. The van der Waals surface area contributed by atoms with Gasteiger partial charge in [0.1, 0.15) is 18.7 Å². The molecule has 8 heteroatoms. The zero-order chi connectivity index (χ0) is 23.5. The van der Waals surface area contributed by atoms with Gasteiger partial charge in [0.2, 0.25) is 5.91 Å². The molecule has 0 fully saturated rings. The second-order valence-corrected chi connectivity index (χ2v) is 8.62.